The lowest BCUT2D eigenvalue weighted by Crippen LogP contribution is -2.04. The van der Waals surface area contributed by atoms with E-state index in [1.54, 1.807) is 6.20 Å². The van der Waals surface area contributed by atoms with Crippen LogP contribution >= 0.6 is 22.9 Å². The van der Waals surface area contributed by atoms with Crippen molar-refractivity contribution in [3.05, 3.63) is 21.8 Å². The molecule has 17 heavy (non-hydrogen) atoms. The highest BCUT2D eigenvalue weighted by molar-refractivity contribution is 7.18. The monoisotopic (exact) mass is 268 g/mol. The standard InChI is InChI=1S/C11H13ClN4S/c1-4-7-6(2)9(13-3)16-10(15-7)11-14-5-8(12)17-11/h5H,4H2,1-3H3,(H,13,15,16). The highest BCUT2D eigenvalue weighted by Gasteiger charge is 2.12. The van der Waals surface area contributed by atoms with Crippen LogP contribution in [-0.2, 0) is 6.42 Å². The number of hydrogen-bond donors (Lipinski definition) is 1. The van der Waals surface area contributed by atoms with Gasteiger partial charge < -0.3 is 5.32 Å². The van der Waals surface area contributed by atoms with Gasteiger partial charge in [-0.3, -0.25) is 0 Å². The highest BCUT2D eigenvalue weighted by atomic mass is 35.5. The van der Waals surface area contributed by atoms with Gasteiger partial charge >= 0.3 is 0 Å². The van der Waals surface area contributed by atoms with E-state index < -0.39 is 0 Å². The summed E-state index contributed by atoms with van der Waals surface area (Å²) in [7, 11) is 1.85. The van der Waals surface area contributed by atoms with E-state index in [-0.39, 0.29) is 0 Å². The minimum Gasteiger partial charge on any atom is -0.373 e. The summed E-state index contributed by atoms with van der Waals surface area (Å²) in [5.74, 6) is 1.48. The van der Waals surface area contributed by atoms with Crippen molar-refractivity contribution in [1.29, 1.82) is 0 Å². The lowest BCUT2D eigenvalue weighted by Gasteiger charge is -2.09. The number of nitrogens with zero attached hydrogens (tertiary/aromatic N) is 3. The zero-order valence-electron chi connectivity index (χ0n) is 9.91. The lowest BCUT2D eigenvalue weighted by atomic mass is 10.2. The Labute approximate surface area is 109 Å². The van der Waals surface area contributed by atoms with E-state index in [0.717, 1.165) is 28.5 Å². The molecule has 4 nitrogen and oxygen atoms in total. The van der Waals surface area contributed by atoms with Gasteiger partial charge in [0.25, 0.3) is 0 Å². The van der Waals surface area contributed by atoms with E-state index in [4.69, 9.17) is 11.6 Å². The van der Waals surface area contributed by atoms with Crippen LogP contribution in [0.15, 0.2) is 6.20 Å². The van der Waals surface area contributed by atoms with Gasteiger partial charge in [-0.15, -0.1) is 0 Å². The maximum atomic E-state index is 5.87. The van der Waals surface area contributed by atoms with Gasteiger partial charge in [0, 0.05) is 18.3 Å². The molecule has 0 atom stereocenters. The third-order valence-electron chi connectivity index (χ3n) is 2.49. The summed E-state index contributed by atoms with van der Waals surface area (Å²) in [6, 6.07) is 0. The molecule has 90 valence electrons. The fourth-order valence-corrected chi connectivity index (χ4v) is 2.45. The first-order valence-corrected chi connectivity index (χ1v) is 6.52. The highest BCUT2D eigenvalue weighted by Crippen LogP contribution is 2.28. The number of rotatable bonds is 3. The van der Waals surface area contributed by atoms with Crippen molar-refractivity contribution in [1.82, 2.24) is 15.0 Å². The van der Waals surface area contributed by atoms with E-state index >= 15 is 0 Å². The summed E-state index contributed by atoms with van der Waals surface area (Å²) in [4.78, 5) is 13.2. The average Bonchev–Trinajstić information content (AvgIpc) is 2.76. The first-order chi connectivity index (χ1) is 8.15. The topological polar surface area (TPSA) is 50.7 Å². The molecule has 0 aliphatic rings. The van der Waals surface area contributed by atoms with Crippen molar-refractivity contribution < 1.29 is 0 Å². The summed E-state index contributed by atoms with van der Waals surface area (Å²) in [6.07, 6.45) is 2.49. The van der Waals surface area contributed by atoms with Gasteiger partial charge in [0.1, 0.15) is 10.2 Å². The summed E-state index contributed by atoms with van der Waals surface area (Å²) < 4.78 is 0.647. The van der Waals surface area contributed by atoms with E-state index in [1.807, 2.05) is 14.0 Å². The molecule has 0 spiro atoms. The molecule has 0 aliphatic carbocycles. The molecule has 0 aliphatic heterocycles. The van der Waals surface area contributed by atoms with Crippen LogP contribution in [-0.4, -0.2) is 22.0 Å². The molecule has 0 bridgehead atoms. The molecule has 6 heteroatoms. The Morgan fingerprint density at radius 3 is 2.71 bits per heavy atom. The molecule has 0 saturated heterocycles. The second-order valence-electron chi connectivity index (χ2n) is 3.54. The molecule has 0 radical (unpaired) electrons. The summed E-state index contributed by atoms with van der Waals surface area (Å²) in [5.41, 5.74) is 2.12. The Bertz CT molecular complexity index is 513. The Balaban J connectivity index is 2.55. The number of aromatic nitrogens is 3. The molecular formula is C11H13ClN4S. The maximum absolute atomic E-state index is 5.87. The fraction of sp³-hybridized carbons (Fsp3) is 0.364. The predicted octanol–water partition coefficient (Wildman–Crippen LogP) is 3.17. The van der Waals surface area contributed by atoms with Crippen molar-refractivity contribution in [3.8, 4) is 10.8 Å². The van der Waals surface area contributed by atoms with Crippen molar-refractivity contribution >= 4 is 28.8 Å². The van der Waals surface area contributed by atoms with E-state index in [1.165, 1.54) is 11.3 Å². The predicted molar refractivity (Wildman–Crippen MR) is 71.8 cm³/mol. The van der Waals surface area contributed by atoms with Gasteiger partial charge in [-0.2, -0.15) is 0 Å². The van der Waals surface area contributed by atoms with Crippen LogP contribution in [0, 0.1) is 6.92 Å². The lowest BCUT2D eigenvalue weighted by molar-refractivity contribution is 0.976. The number of aryl methyl sites for hydroxylation is 1. The first-order valence-electron chi connectivity index (χ1n) is 5.32. The second-order valence-corrected chi connectivity index (χ2v) is 5.20. The van der Waals surface area contributed by atoms with Gasteiger partial charge in [0.2, 0.25) is 0 Å². The number of halogens is 1. The van der Waals surface area contributed by atoms with E-state index in [9.17, 15) is 0 Å². The number of thiazole rings is 1. The summed E-state index contributed by atoms with van der Waals surface area (Å²) >= 11 is 7.26. The third-order valence-corrected chi connectivity index (χ3v) is 3.60. The quantitative estimate of drug-likeness (QED) is 0.929. The maximum Gasteiger partial charge on any atom is 0.190 e. The second kappa shape index (κ2) is 4.98. The Morgan fingerprint density at radius 2 is 2.18 bits per heavy atom. The average molecular weight is 269 g/mol. The normalized spacial score (nSPS) is 10.6. The molecule has 2 aromatic rings. The van der Waals surface area contributed by atoms with Gasteiger partial charge in [-0.25, -0.2) is 15.0 Å². The molecule has 2 rings (SSSR count). The van der Waals surface area contributed by atoms with Crippen LogP contribution in [0.4, 0.5) is 5.82 Å². The molecule has 0 unspecified atom stereocenters. The van der Waals surface area contributed by atoms with E-state index in [0.29, 0.717) is 10.2 Å². The fourth-order valence-electron chi connectivity index (χ4n) is 1.60. The molecule has 0 fully saturated rings. The van der Waals surface area contributed by atoms with Gasteiger partial charge in [-0.05, 0) is 13.3 Å². The van der Waals surface area contributed by atoms with Crippen molar-refractivity contribution in [2.24, 2.45) is 0 Å². The van der Waals surface area contributed by atoms with Gasteiger partial charge in [0.15, 0.2) is 10.8 Å². The van der Waals surface area contributed by atoms with Crippen molar-refractivity contribution in [2.45, 2.75) is 20.3 Å². The smallest absolute Gasteiger partial charge is 0.190 e. The summed E-state index contributed by atoms with van der Waals surface area (Å²) in [5, 5.41) is 3.83. The molecule has 0 amide bonds. The first kappa shape index (κ1) is 12.3. The molecule has 2 heterocycles. The van der Waals surface area contributed by atoms with Crippen LogP contribution in [0.2, 0.25) is 4.34 Å². The zero-order valence-corrected chi connectivity index (χ0v) is 11.5. The van der Waals surface area contributed by atoms with Crippen LogP contribution < -0.4 is 5.32 Å². The molecule has 0 saturated carbocycles. The van der Waals surface area contributed by atoms with Crippen molar-refractivity contribution in [3.63, 3.8) is 0 Å². The van der Waals surface area contributed by atoms with Crippen LogP contribution in [0.25, 0.3) is 10.8 Å². The Morgan fingerprint density at radius 1 is 1.41 bits per heavy atom. The number of anilines is 1. The Kier molecular flexibility index (Phi) is 3.59. The zero-order chi connectivity index (χ0) is 12.4. The van der Waals surface area contributed by atoms with Crippen LogP contribution in [0.3, 0.4) is 0 Å². The molecule has 0 aromatic carbocycles. The molecule has 1 N–H and O–H groups in total. The number of hydrogen-bond acceptors (Lipinski definition) is 5. The van der Waals surface area contributed by atoms with E-state index in [2.05, 4.69) is 27.2 Å². The molecular weight excluding hydrogens is 256 g/mol. The summed E-state index contributed by atoms with van der Waals surface area (Å²) in [6.45, 7) is 4.09. The minimum atomic E-state index is 0.633. The van der Waals surface area contributed by atoms with Gasteiger partial charge in [0.05, 0.1) is 6.20 Å². The van der Waals surface area contributed by atoms with Crippen LogP contribution in [0.5, 0.6) is 0 Å². The van der Waals surface area contributed by atoms with Crippen LogP contribution in [0.1, 0.15) is 18.2 Å². The minimum absolute atomic E-state index is 0.633. The molecule has 2 aromatic heterocycles. The third kappa shape index (κ3) is 2.40. The largest absolute Gasteiger partial charge is 0.373 e. The van der Waals surface area contributed by atoms with Gasteiger partial charge in [-0.1, -0.05) is 29.9 Å². The number of nitrogens with one attached hydrogen (secondary N) is 1. The van der Waals surface area contributed by atoms with Crippen molar-refractivity contribution in [2.75, 3.05) is 12.4 Å². The Hall–Kier alpha value is -1.20. The SMILES string of the molecule is CCc1nc(-c2ncc(Cl)s2)nc(NC)c1C.